The van der Waals surface area contributed by atoms with Crippen LogP contribution in [0.3, 0.4) is 0 Å². The highest BCUT2D eigenvalue weighted by Gasteiger charge is 2.19. The highest BCUT2D eigenvalue weighted by atomic mass is 32.2. The summed E-state index contributed by atoms with van der Waals surface area (Å²) in [6.07, 6.45) is 6.29. The van der Waals surface area contributed by atoms with Crippen LogP contribution >= 0.6 is 11.8 Å². The summed E-state index contributed by atoms with van der Waals surface area (Å²) in [4.78, 5) is 16.6. The molecule has 1 aliphatic rings. The Balaban J connectivity index is 1.42. The number of nitrogens with one attached hydrogen (secondary N) is 1. The summed E-state index contributed by atoms with van der Waals surface area (Å²) in [6, 6.07) is 7.95. The lowest BCUT2D eigenvalue weighted by Crippen LogP contribution is -2.38. The van der Waals surface area contributed by atoms with Gasteiger partial charge in [-0.1, -0.05) is 6.92 Å². The summed E-state index contributed by atoms with van der Waals surface area (Å²) in [5.41, 5.74) is 1.76. The molecule has 1 fully saturated rings. The van der Waals surface area contributed by atoms with Gasteiger partial charge in [0.2, 0.25) is 11.8 Å². The van der Waals surface area contributed by atoms with Gasteiger partial charge in [-0.05, 0) is 55.9 Å². The van der Waals surface area contributed by atoms with E-state index in [1.807, 2.05) is 24.3 Å². The van der Waals surface area contributed by atoms with Crippen molar-refractivity contribution in [2.24, 2.45) is 5.92 Å². The largest absolute Gasteiger partial charge is 0.497 e. The first-order chi connectivity index (χ1) is 12.6. The molecule has 1 aliphatic carbocycles. The highest BCUT2D eigenvalue weighted by Crippen LogP contribution is 2.24. The van der Waals surface area contributed by atoms with Gasteiger partial charge in [0.05, 0.1) is 18.6 Å². The number of nitrogens with zero attached hydrogens (tertiary/aromatic N) is 1. The molecule has 1 amide bonds. The molecule has 0 aliphatic heterocycles. The Morgan fingerprint density at radius 2 is 2.00 bits per heavy atom. The minimum absolute atomic E-state index is 0.119. The summed E-state index contributed by atoms with van der Waals surface area (Å²) in [6.45, 7) is 2.28. The Morgan fingerprint density at radius 1 is 1.27 bits per heavy atom. The van der Waals surface area contributed by atoms with Crippen LogP contribution in [-0.4, -0.2) is 29.8 Å². The lowest BCUT2D eigenvalue weighted by atomic mass is 9.87. The van der Waals surface area contributed by atoms with E-state index >= 15 is 0 Å². The maximum Gasteiger partial charge on any atom is 0.230 e. The number of oxazole rings is 1. The van der Waals surface area contributed by atoms with E-state index in [2.05, 4.69) is 17.2 Å². The number of hydrogen-bond donors (Lipinski definition) is 1. The van der Waals surface area contributed by atoms with Gasteiger partial charge in [-0.3, -0.25) is 4.79 Å². The van der Waals surface area contributed by atoms with Gasteiger partial charge in [-0.25, -0.2) is 4.98 Å². The number of methoxy groups -OCH3 is 1. The molecule has 1 N–H and O–H groups in total. The first kappa shape index (κ1) is 18.8. The quantitative estimate of drug-likeness (QED) is 0.784. The molecular weight excluding hydrogens is 348 g/mol. The van der Waals surface area contributed by atoms with Crippen molar-refractivity contribution in [3.8, 4) is 17.2 Å². The third-order valence-corrected chi connectivity index (χ3v) is 5.72. The van der Waals surface area contributed by atoms with Crippen molar-refractivity contribution in [1.29, 1.82) is 0 Å². The number of hydrogen-bond acceptors (Lipinski definition) is 5. The molecule has 1 heterocycles. The molecule has 1 saturated carbocycles. The van der Waals surface area contributed by atoms with E-state index in [0.29, 0.717) is 23.4 Å². The zero-order valence-corrected chi connectivity index (χ0v) is 16.2. The van der Waals surface area contributed by atoms with Crippen molar-refractivity contribution in [1.82, 2.24) is 10.3 Å². The second-order valence-electron chi connectivity index (χ2n) is 6.89. The first-order valence-electron chi connectivity index (χ1n) is 9.10. The van der Waals surface area contributed by atoms with Gasteiger partial charge < -0.3 is 14.5 Å². The third kappa shape index (κ3) is 5.27. The Labute approximate surface area is 158 Å². The van der Waals surface area contributed by atoms with Gasteiger partial charge in [0.25, 0.3) is 0 Å². The number of amides is 1. The minimum atomic E-state index is 0.119. The van der Waals surface area contributed by atoms with E-state index < -0.39 is 0 Å². The van der Waals surface area contributed by atoms with Crippen molar-refractivity contribution in [3.05, 3.63) is 36.2 Å². The van der Waals surface area contributed by atoms with Crippen LogP contribution in [0, 0.1) is 5.92 Å². The monoisotopic (exact) mass is 374 g/mol. The van der Waals surface area contributed by atoms with E-state index in [9.17, 15) is 4.79 Å². The molecule has 0 radical (unpaired) electrons. The van der Waals surface area contributed by atoms with E-state index in [1.165, 1.54) is 12.8 Å². The number of ether oxygens (including phenoxy) is 1. The maximum atomic E-state index is 12.1. The fourth-order valence-corrected chi connectivity index (χ4v) is 3.87. The second kappa shape index (κ2) is 9.12. The Hall–Kier alpha value is -1.95. The number of thioether (sulfide) groups is 1. The molecule has 140 valence electrons. The van der Waals surface area contributed by atoms with E-state index in [-0.39, 0.29) is 5.91 Å². The van der Waals surface area contributed by atoms with Crippen molar-refractivity contribution in [3.63, 3.8) is 0 Å². The van der Waals surface area contributed by atoms with Gasteiger partial charge in [0.1, 0.15) is 12.0 Å². The number of rotatable bonds is 7. The fourth-order valence-electron chi connectivity index (χ4n) is 3.16. The van der Waals surface area contributed by atoms with Crippen LogP contribution < -0.4 is 10.1 Å². The van der Waals surface area contributed by atoms with Crippen LogP contribution in [0.4, 0.5) is 0 Å². The lowest BCUT2D eigenvalue weighted by Gasteiger charge is -2.26. The van der Waals surface area contributed by atoms with Gasteiger partial charge in [-0.2, -0.15) is 0 Å². The predicted molar refractivity (Wildman–Crippen MR) is 104 cm³/mol. The molecule has 1 aromatic heterocycles. The zero-order chi connectivity index (χ0) is 18.4. The molecule has 1 aromatic carbocycles. The van der Waals surface area contributed by atoms with E-state index in [4.69, 9.17) is 9.15 Å². The van der Waals surface area contributed by atoms with Crippen LogP contribution in [0.1, 0.15) is 38.3 Å². The molecule has 26 heavy (non-hydrogen) atoms. The van der Waals surface area contributed by atoms with Gasteiger partial charge in [0, 0.05) is 17.4 Å². The standard InChI is InChI=1S/C20H26N2O3S/c1-14-3-7-16(8-4-14)21-19(23)13-26-12-17-11-25-20(22-17)15-5-9-18(24-2)10-6-15/h5-6,9-11,14,16H,3-4,7-8,12-13H2,1-2H3,(H,21,23). The number of benzene rings is 1. The van der Waals surface area contributed by atoms with Gasteiger partial charge in [-0.15, -0.1) is 11.8 Å². The van der Waals surface area contributed by atoms with Crippen molar-refractivity contribution in [2.45, 2.75) is 44.4 Å². The summed E-state index contributed by atoms with van der Waals surface area (Å²) < 4.78 is 10.7. The average molecular weight is 375 g/mol. The molecule has 6 heteroatoms. The van der Waals surface area contributed by atoms with Crippen LogP contribution in [-0.2, 0) is 10.5 Å². The smallest absolute Gasteiger partial charge is 0.230 e. The number of aromatic nitrogens is 1. The molecule has 0 atom stereocenters. The molecule has 5 nitrogen and oxygen atoms in total. The molecule has 0 unspecified atom stereocenters. The van der Waals surface area contributed by atoms with Crippen LogP contribution in [0.25, 0.3) is 11.5 Å². The summed E-state index contributed by atoms with van der Waals surface area (Å²) in [5, 5.41) is 3.15. The maximum absolute atomic E-state index is 12.1. The van der Waals surface area contributed by atoms with E-state index in [1.54, 1.807) is 25.1 Å². The minimum Gasteiger partial charge on any atom is -0.497 e. The Kier molecular flexibility index (Phi) is 6.61. The molecule has 0 saturated heterocycles. The van der Waals surface area contributed by atoms with Crippen molar-refractivity contribution < 1.29 is 13.9 Å². The predicted octanol–water partition coefficient (Wildman–Crippen LogP) is 4.28. The molecule has 0 spiro atoms. The Morgan fingerprint density at radius 3 is 2.69 bits per heavy atom. The van der Waals surface area contributed by atoms with Crippen LogP contribution in [0.15, 0.2) is 34.9 Å². The second-order valence-corrected chi connectivity index (χ2v) is 7.88. The molecular formula is C20H26N2O3S. The average Bonchev–Trinajstić information content (AvgIpc) is 3.12. The summed E-state index contributed by atoms with van der Waals surface area (Å²) in [7, 11) is 1.64. The van der Waals surface area contributed by atoms with Crippen LogP contribution in [0.2, 0.25) is 0 Å². The molecule has 3 rings (SSSR count). The van der Waals surface area contributed by atoms with Gasteiger partial charge in [0.15, 0.2) is 0 Å². The van der Waals surface area contributed by atoms with E-state index in [0.717, 1.165) is 35.8 Å². The molecule has 2 aromatic rings. The fraction of sp³-hybridized carbons (Fsp3) is 0.500. The number of carbonyl (C=O) groups is 1. The van der Waals surface area contributed by atoms with Crippen LogP contribution in [0.5, 0.6) is 5.75 Å². The first-order valence-corrected chi connectivity index (χ1v) is 10.3. The zero-order valence-electron chi connectivity index (χ0n) is 15.4. The normalized spacial score (nSPS) is 19.9. The highest BCUT2D eigenvalue weighted by molar-refractivity contribution is 7.99. The Bertz CT molecular complexity index is 706. The van der Waals surface area contributed by atoms with Crippen molar-refractivity contribution >= 4 is 17.7 Å². The third-order valence-electron chi connectivity index (χ3n) is 4.75. The number of carbonyl (C=O) groups excluding carboxylic acids is 1. The van der Waals surface area contributed by atoms with Crippen molar-refractivity contribution in [2.75, 3.05) is 12.9 Å². The SMILES string of the molecule is COc1ccc(-c2nc(CSCC(=O)NC3CCC(C)CC3)co2)cc1. The summed E-state index contributed by atoms with van der Waals surface area (Å²) in [5.74, 6) is 3.42. The summed E-state index contributed by atoms with van der Waals surface area (Å²) >= 11 is 1.56. The topological polar surface area (TPSA) is 64.4 Å². The molecule has 0 bridgehead atoms. The van der Waals surface area contributed by atoms with Gasteiger partial charge >= 0.3 is 0 Å². The lowest BCUT2D eigenvalue weighted by molar-refractivity contribution is -0.119.